The number of likely N-dealkylation sites (tertiary alicyclic amines) is 1. The van der Waals surface area contributed by atoms with Crippen molar-refractivity contribution >= 4 is 21.4 Å². The van der Waals surface area contributed by atoms with E-state index in [1.54, 1.807) is 36.3 Å². The molecule has 0 unspecified atom stereocenters. The van der Waals surface area contributed by atoms with Gasteiger partial charge in [-0.25, -0.2) is 13.1 Å². The lowest BCUT2D eigenvalue weighted by atomic mass is 9.84. The van der Waals surface area contributed by atoms with E-state index in [2.05, 4.69) is 36.0 Å². The number of nitrogens with zero attached hydrogens (tertiary/aromatic N) is 4. The second-order valence-corrected chi connectivity index (χ2v) is 12.6. The maximum Gasteiger partial charge on any atom is 0.277 e. The number of carbonyl (C=O) groups is 1. The van der Waals surface area contributed by atoms with Crippen LogP contribution in [-0.4, -0.2) is 68.5 Å². The summed E-state index contributed by atoms with van der Waals surface area (Å²) in [7, 11) is -2.04. The summed E-state index contributed by atoms with van der Waals surface area (Å²) in [4.78, 5) is 18.1. The SMILES string of the molecule is COc1ccc(-n2nc(S(C)(=O)=O)c3c2C(=O)N(c2ccc(C(C)(C)CN4CCCC4)cc2)CC3)cc1. The predicted octanol–water partition coefficient (Wildman–Crippen LogP) is 3.86. The molecule has 8 nitrogen and oxygen atoms in total. The van der Waals surface area contributed by atoms with Crippen LogP contribution in [0.1, 0.15) is 48.3 Å². The molecule has 0 N–H and O–H groups in total. The fraction of sp³-hybridized carbons (Fsp3) is 0.429. The highest BCUT2D eigenvalue weighted by Crippen LogP contribution is 2.33. The molecule has 0 saturated carbocycles. The maximum atomic E-state index is 13.8. The van der Waals surface area contributed by atoms with Crippen LogP contribution in [0.2, 0.25) is 0 Å². The molecule has 0 radical (unpaired) electrons. The first kappa shape index (κ1) is 25.5. The molecule has 0 aliphatic carbocycles. The lowest BCUT2D eigenvalue weighted by molar-refractivity contribution is 0.0973. The third kappa shape index (κ3) is 4.90. The number of amides is 1. The molecule has 3 heterocycles. The third-order valence-corrected chi connectivity index (χ3v) is 8.46. The zero-order valence-electron chi connectivity index (χ0n) is 21.9. The molecule has 1 saturated heterocycles. The molecule has 0 spiro atoms. The number of anilines is 1. The van der Waals surface area contributed by atoms with E-state index in [-0.39, 0.29) is 22.0 Å². The molecule has 9 heteroatoms. The van der Waals surface area contributed by atoms with Gasteiger partial charge in [0, 0.05) is 36.0 Å². The van der Waals surface area contributed by atoms with Crippen molar-refractivity contribution < 1.29 is 17.9 Å². The minimum Gasteiger partial charge on any atom is -0.497 e. The molecular formula is C28H34N4O4S. The molecule has 2 aromatic carbocycles. The van der Waals surface area contributed by atoms with Crippen LogP contribution in [0.4, 0.5) is 5.69 Å². The number of sulfone groups is 1. The van der Waals surface area contributed by atoms with E-state index in [0.717, 1.165) is 31.6 Å². The molecule has 2 aliphatic rings. The van der Waals surface area contributed by atoms with Crippen molar-refractivity contribution in [2.45, 2.75) is 43.6 Å². The van der Waals surface area contributed by atoms with Gasteiger partial charge in [-0.3, -0.25) is 4.79 Å². The quantitative estimate of drug-likeness (QED) is 0.469. The minimum atomic E-state index is -3.61. The molecular weight excluding hydrogens is 488 g/mol. The first-order chi connectivity index (χ1) is 17.6. The first-order valence-electron chi connectivity index (χ1n) is 12.7. The molecule has 1 fully saturated rings. The van der Waals surface area contributed by atoms with Gasteiger partial charge in [-0.2, -0.15) is 5.10 Å². The monoisotopic (exact) mass is 522 g/mol. The van der Waals surface area contributed by atoms with Crippen LogP contribution >= 0.6 is 0 Å². The predicted molar refractivity (Wildman–Crippen MR) is 144 cm³/mol. The van der Waals surface area contributed by atoms with Crippen molar-refractivity contribution in [1.82, 2.24) is 14.7 Å². The van der Waals surface area contributed by atoms with Crippen LogP contribution in [0.5, 0.6) is 5.75 Å². The highest BCUT2D eigenvalue weighted by Gasteiger charge is 2.36. The number of benzene rings is 2. The van der Waals surface area contributed by atoms with E-state index in [0.29, 0.717) is 30.0 Å². The Bertz CT molecular complexity index is 1400. The van der Waals surface area contributed by atoms with Crippen LogP contribution in [0.25, 0.3) is 5.69 Å². The van der Waals surface area contributed by atoms with Gasteiger partial charge in [-0.05, 0) is 74.3 Å². The van der Waals surface area contributed by atoms with E-state index >= 15 is 0 Å². The number of methoxy groups -OCH3 is 1. The molecule has 196 valence electrons. The van der Waals surface area contributed by atoms with Crippen molar-refractivity contribution in [2.75, 3.05) is 44.4 Å². The molecule has 2 aliphatic heterocycles. The summed E-state index contributed by atoms with van der Waals surface area (Å²) in [6.45, 7) is 8.23. The van der Waals surface area contributed by atoms with E-state index in [1.165, 1.54) is 23.1 Å². The number of hydrogen-bond acceptors (Lipinski definition) is 6. The van der Waals surface area contributed by atoms with Gasteiger partial charge in [0.05, 0.1) is 12.8 Å². The number of rotatable bonds is 7. The third-order valence-electron chi connectivity index (χ3n) is 7.43. The summed E-state index contributed by atoms with van der Waals surface area (Å²) in [6.07, 6.45) is 4.07. The summed E-state index contributed by atoms with van der Waals surface area (Å²) in [5, 5.41) is 4.36. The normalized spacial score (nSPS) is 16.8. The lowest BCUT2D eigenvalue weighted by Gasteiger charge is -2.32. The van der Waals surface area contributed by atoms with Crippen LogP contribution < -0.4 is 9.64 Å². The van der Waals surface area contributed by atoms with Crippen molar-refractivity contribution in [3.8, 4) is 11.4 Å². The highest BCUT2D eigenvalue weighted by molar-refractivity contribution is 7.90. The Balaban J connectivity index is 1.47. The molecule has 1 amide bonds. The average molecular weight is 523 g/mol. The van der Waals surface area contributed by atoms with Gasteiger partial charge in [0.15, 0.2) is 14.9 Å². The Morgan fingerprint density at radius 2 is 1.57 bits per heavy atom. The Labute approximate surface area is 218 Å². The van der Waals surface area contributed by atoms with Crippen LogP contribution in [-0.2, 0) is 21.7 Å². The molecule has 1 aromatic heterocycles. The van der Waals surface area contributed by atoms with Gasteiger partial charge < -0.3 is 14.5 Å². The largest absolute Gasteiger partial charge is 0.497 e. The Morgan fingerprint density at radius 1 is 0.946 bits per heavy atom. The Kier molecular flexibility index (Phi) is 6.62. The van der Waals surface area contributed by atoms with Crippen molar-refractivity contribution in [1.29, 1.82) is 0 Å². The maximum absolute atomic E-state index is 13.8. The zero-order valence-corrected chi connectivity index (χ0v) is 22.7. The van der Waals surface area contributed by atoms with Crippen LogP contribution in [0.15, 0.2) is 53.6 Å². The van der Waals surface area contributed by atoms with Crippen LogP contribution in [0.3, 0.4) is 0 Å². The van der Waals surface area contributed by atoms with E-state index < -0.39 is 9.84 Å². The van der Waals surface area contributed by atoms with Gasteiger partial charge in [-0.15, -0.1) is 0 Å². The number of aromatic nitrogens is 2. The van der Waals surface area contributed by atoms with Crippen molar-refractivity contribution in [3.63, 3.8) is 0 Å². The second-order valence-electron chi connectivity index (χ2n) is 10.6. The van der Waals surface area contributed by atoms with Crippen molar-refractivity contribution in [2.24, 2.45) is 0 Å². The van der Waals surface area contributed by atoms with Crippen molar-refractivity contribution in [3.05, 3.63) is 65.4 Å². The lowest BCUT2D eigenvalue weighted by Crippen LogP contribution is -2.39. The summed E-state index contributed by atoms with van der Waals surface area (Å²) < 4.78 is 31.8. The molecule has 5 rings (SSSR count). The second kappa shape index (κ2) is 9.61. The number of fused-ring (bicyclic) bond motifs is 1. The molecule has 37 heavy (non-hydrogen) atoms. The fourth-order valence-electron chi connectivity index (χ4n) is 5.47. The summed E-state index contributed by atoms with van der Waals surface area (Å²) >= 11 is 0. The summed E-state index contributed by atoms with van der Waals surface area (Å²) in [5.41, 5.74) is 3.38. The first-order valence-corrected chi connectivity index (χ1v) is 14.6. The fourth-order valence-corrected chi connectivity index (χ4v) is 6.34. The zero-order chi connectivity index (χ0) is 26.4. The number of ether oxygens (including phenoxy) is 1. The van der Waals surface area contributed by atoms with Gasteiger partial charge in [-0.1, -0.05) is 26.0 Å². The standard InChI is InChI=1S/C28H34N4O4S/c1-28(2,19-30-16-5-6-17-30)20-7-9-21(10-8-20)31-18-15-24-25(27(31)33)32(29-26(24)37(4,34)35)22-11-13-23(36-3)14-12-22/h7-14H,5-6,15-19H2,1-4H3. The van der Waals surface area contributed by atoms with Gasteiger partial charge in [0.2, 0.25) is 0 Å². The Morgan fingerprint density at radius 3 is 2.16 bits per heavy atom. The van der Waals surface area contributed by atoms with Gasteiger partial charge in [0.1, 0.15) is 11.4 Å². The highest BCUT2D eigenvalue weighted by atomic mass is 32.2. The smallest absolute Gasteiger partial charge is 0.277 e. The van der Waals surface area contributed by atoms with Gasteiger partial charge >= 0.3 is 0 Å². The van der Waals surface area contributed by atoms with E-state index in [1.807, 2.05) is 12.1 Å². The summed E-state index contributed by atoms with van der Waals surface area (Å²) in [6, 6.07) is 15.3. The summed E-state index contributed by atoms with van der Waals surface area (Å²) in [5.74, 6) is 0.400. The molecule has 0 bridgehead atoms. The molecule has 0 atom stereocenters. The van der Waals surface area contributed by atoms with E-state index in [9.17, 15) is 13.2 Å². The van der Waals surface area contributed by atoms with Crippen LogP contribution in [0, 0.1) is 0 Å². The van der Waals surface area contributed by atoms with Gasteiger partial charge in [0.25, 0.3) is 5.91 Å². The minimum absolute atomic E-state index is 0.000676. The molecule has 3 aromatic rings. The topological polar surface area (TPSA) is 84.7 Å². The number of hydrogen-bond donors (Lipinski definition) is 0. The number of carbonyl (C=O) groups excluding carboxylic acids is 1. The van der Waals surface area contributed by atoms with E-state index in [4.69, 9.17) is 4.74 Å². The average Bonchev–Trinajstić information content (AvgIpc) is 3.52. The Hall–Kier alpha value is -3.17.